The maximum Gasteiger partial charge on any atom is 0.232 e. The molecule has 0 bridgehead atoms. The number of anilines is 1. The molecule has 0 aliphatic heterocycles. The van der Waals surface area contributed by atoms with Crippen LogP contribution < -0.4 is 5.32 Å². The first kappa shape index (κ1) is 14.5. The number of carbonyl (C=O) groups is 1. The van der Waals surface area contributed by atoms with Crippen LogP contribution in [-0.4, -0.2) is 5.91 Å². The van der Waals surface area contributed by atoms with E-state index in [-0.39, 0.29) is 11.8 Å². The molecule has 3 heteroatoms. The minimum absolute atomic E-state index is 0.0153. The highest BCUT2D eigenvalue weighted by Crippen LogP contribution is 2.22. The number of hydrogen-bond donors (Lipinski definition) is 1. The Balaban J connectivity index is 2.15. The highest BCUT2D eigenvalue weighted by Gasteiger charge is 2.18. The van der Waals surface area contributed by atoms with Gasteiger partial charge in [0.1, 0.15) is 0 Å². The van der Waals surface area contributed by atoms with Crippen LogP contribution in [0.3, 0.4) is 0 Å². The minimum Gasteiger partial charge on any atom is -0.326 e. The van der Waals surface area contributed by atoms with E-state index >= 15 is 0 Å². The first-order valence-electron chi connectivity index (χ1n) is 6.43. The molecule has 2 aromatic rings. The molecule has 2 nitrogen and oxygen atoms in total. The number of benzene rings is 2. The first-order valence-corrected chi connectivity index (χ1v) is 7.22. The summed E-state index contributed by atoms with van der Waals surface area (Å²) in [7, 11) is 0. The van der Waals surface area contributed by atoms with E-state index in [9.17, 15) is 4.79 Å². The lowest BCUT2D eigenvalue weighted by Gasteiger charge is -2.15. The maximum absolute atomic E-state index is 12.4. The Labute approximate surface area is 127 Å². The molecular formula is C17H16BrNO. The van der Waals surface area contributed by atoms with Gasteiger partial charge < -0.3 is 5.32 Å². The normalized spacial score (nSPS) is 11.7. The van der Waals surface area contributed by atoms with Crippen molar-refractivity contribution >= 4 is 27.5 Å². The summed E-state index contributed by atoms with van der Waals surface area (Å²) in [4.78, 5) is 12.4. The average molecular weight is 330 g/mol. The molecule has 0 heterocycles. The van der Waals surface area contributed by atoms with Crippen LogP contribution in [0.15, 0.2) is 71.7 Å². The summed E-state index contributed by atoms with van der Waals surface area (Å²) in [5.74, 6) is -0.226. The smallest absolute Gasteiger partial charge is 0.232 e. The van der Waals surface area contributed by atoms with Crippen molar-refractivity contribution < 1.29 is 4.79 Å². The Bertz CT molecular complexity index is 578. The largest absolute Gasteiger partial charge is 0.326 e. The summed E-state index contributed by atoms with van der Waals surface area (Å²) in [6, 6.07) is 17.3. The Morgan fingerprint density at radius 2 is 1.80 bits per heavy atom. The molecule has 0 aliphatic rings. The third-order valence-corrected chi connectivity index (χ3v) is 3.56. The second kappa shape index (κ2) is 7.06. The zero-order chi connectivity index (χ0) is 14.4. The van der Waals surface area contributed by atoms with Gasteiger partial charge in [-0.2, -0.15) is 0 Å². The summed E-state index contributed by atoms with van der Waals surface area (Å²) >= 11 is 3.38. The van der Waals surface area contributed by atoms with Crippen molar-refractivity contribution in [2.75, 3.05) is 5.32 Å². The number of halogens is 1. The highest BCUT2D eigenvalue weighted by atomic mass is 79.9. The predicted molar refractivity (Wildman–Crippen MR) is 86.8 cm³/mol. The van der Waals surface area contributed by atoms with Crippen LogP contribution in [0, 0.1) is 0 Å². The highest BCUT2D eigenvalue weighted by molar-refractivity contribution is 9.10. The quantitative estimate of drug-likeness (QED) is 0.788. The SMILES string of the molecule is C=CCC(C(=O)Nc1ccc(Br)cc1)c1ccccc1. The van der Waals surface area contributed by atoms with Crippen LogP contribution >= 0.6 is 15.9 Å². The zero-order valence-corrected chi connectivity index (χ0v) is 12.6. The monoisotopic (exact) mass is 329 g/mol. The fourth-order valence-electron chi connectivity index (χ4n) is 2.01. The molecule has 0 spiro atoms. The molecule has 0 fully saturated rings. The molecule has 1 unspecified atom stereocenters. The van der Waals surface area contributed by atoms with Gasteiger partial charge >= 0.3 is 0 Å². The topological polar surface area (TPSA) is 29.1 Å². The van der Waals surface area contributed by atoms with Crippen LogP contribution in [0.25, 0.3) is 0 Å². The molecule has 20 heavy (non-hydrogen) atoms. The minimum atomic E-state index is -0.211. The van der Waals surface area contributed by atoms with Crippen molar-refractivity contribution in [3.05, 3.63) is 77.3 Å². The van der Waals surface area contributed by atoms with Crippen molar-refractivity contribution in [2.45, 2.75) is 12.3 Å². The van der Waals surface area contributed by atoms with Crippen LogP contribution in [0.5, 0.6) is 0 Å². The average Bonchev–Trinajstić information content (AvgIpc) is 2.48. The summed E-state index contributed by atoms with van der Waals surface area (Å²) in [6.07, 6.45) is 2.39. The Morgan fingerprint density at radius 3 is 2.40 bits per heavy atom. The molecule has 1 N–H and O–H groups in total. The van der Waals surface area contributed by atoms with E-state index in [4.69, 9.17) is 0 Å². The van der Waals surface area contributed by atoms with E-state index in [0.717, 1.165) is 15.7 Å². The third kappa shape index (κ3) is 3.81. The summed E-state index contributed by atoms with van der Waals surface area (Å²) in [6.45, 7) is 3.74. The molecule has 0 saturated carbocycles. The third-order valence-electron chi connectivity index (χ3n) is 3.03. The van der Waals surface area contributed by atoms with Gasteiger partial charge in [-0.3, -0.25) is 4.79 Å². The second-order valence-corrected chi connectivity index (χ2v) is 5.40. The van der Waals surface area contributed by atoms with E-state index in [1.165, 1.54) is 0 Å². The second-order valence-electron chi connectivity index (χ2n) is 4.48. The number of hydrogen-bond acceptors (Lipinski definition) is 1. The summed E-state index contributed by atoms with van der Waals surface area (Å²) in [5.41, 5.74) is 1.80. The number of rotatable bonds is 5. The van der Waals surface area contributed by atoms with Gasteiger partial charge in [-0.15, -0.1) is 6.58 Å². The van der Waals surface area contributed by atoms with Crippen molar-refractivity contribution in [3.8, 4) is 0 Å². The van der Waals surface area contributed by atoms with Crippen LogP contribution in [-0.2, 0) is 4.79 Å². The first-order chi connectivity index (χ1) is 9.70. The molecule has 1 atom stereocenters. The Kier molecular flexibility index (Phi) is 5.13. The summed E-state index contributed by atoms with van der Waals surface area (Å²) in [5, 5.41) is 2.94. The van der Waals surface area contributed by atoms with Crippen molar-refractivity contribution in [2.24, 2.45) is 0 Å². The van der Waals surface area contributed by atoms with Crippen molar-refractivity contribution in [1.29, 1.82) is 0 Å². The molecule has 0 aromatic heterocycles. The fourth-order valence-corrected chi connectivity index (χ4v) is 2.27. The lowest BCUT2D eigenvalue weighted by atomic mass is 9.95. The van der Waals surface area contributed by atoms with Gasteiger partial charge in [0.2, 0.25) is 5.91 Å². The van der Waals surface area contributed by atoms with Gasteiger partial charge in [0.15, 0.2) is 0 Å². The maximum atomic E-state index is 12.4. The van der Waals surface area contributed by atoms with E-state index < -0.39 is 0 Å². The molecule has 2 aromatic carbocycles. The molecule has 0 saturated heterocycles. The standard InChI is InChI=1S/C17H16BrNO/c1-2-6-16(13-7-4-3-5-8-13)17(20)19-15-11-9-14(18)10-12-15/h2-5,7-12,16H,1,6H2,(H,19,20). The fraction of sp³-hybridized carbons (Fsp3) is 0.118. The number of carbonyl (C=O) groups excluding carboxylic acids is 1. The van der Waals surface area contributed by atoms with E-state index in [0.29, 0.717) is 6.42 Å². The van der Waals surface area contributed by atoms with Gasteiger partial charge in [-0.05, 0) is 36.2 Å². The molecule has 1 amide bonds. The molecular weight excluding hydrogens is 314 g/mol. The van der Waals surface area contributed by atoms with Crippen molar-refractivity contribution in [3.63, 3.8) is 0 Å². The predicted octanol–water partition coefficient (Wildman–Crippen LogP) is 4.75. The zero-order valence-electron chi connectivity index (χ0n) is 11.1. The van der Waals surface area contributed by atoms with Gasteiger partial charge in [-0.1, -0.05) is 52.3 Å². The van der Waals surface area contributed by atoms with E-state index in [1.807, 2.05) is 54.6 Å². The van der Waals surface area contributed by atoms with Crippen LogP contribution in [0.4, 0.5) is 5.69 Å². The number of nitrogens with one attached hydrogen (secondary N) is 1. The molecule has 0 aliphatic carbocycles. The number of allylic oxidation sites excluding steroid dienone is 1. The van der Waals surface area contributed by atoms with Crippen LogP contribution in [0.1, 0.15) is 17.9 Å². The summed E-state index contributed by atoms with van der Waals surface area (Å²) < 4.78 is 0.987. The van der Waals surface area contributed by atoms with E-state index in [2.05, 4.69) is 27.8 Å². The van der Waals surface area contributed by atoms with E-state index in [1.54, 1.807) is 6.08 Å². The van der Waals surface area contributed by atoms with Gasteiger partial charge in [0, 0.05) is 10.2 Å². The Morgan fingerprint density at radius 1 is 1.15 bits per heavy atom. The number of amides is 1. The van der Waals surface area contributed by atoms with Gasteiger partial charge in [0.05, 0.1) is 5.92 Å². The van der Waals surface area contributed by atoms with Crippen LogP contribution in [0.2, 0.25) is 0 Å². The lowest BCUT2D eigenvalue weighted by molar-refractivity contribution is -0.117. The Hall–Kier alpha value is -1.87. The lowest BCUT2D eigenvalue weighted by Crippen LogP contribution is -2.20. The molecule has 2 rings (SSSR count). The molecule has 102 valence electrons. The van der Waals surface area contributed by atoms with Gasteiger partial charge in [-0.25, -0.2) is 0 Å². The van der Waals surface area contributed by atoms with Crippen molar-refractivity contribution in [1.82, 2.24) is 0 Å². The van der Waals surface area contributed by atoms with Gasteiger partial charge in [0.25, 0.3) is 0 Å². The molecule has 0 radical (unpaired) electrons.